The zero-order chi connectivity index (χ0) is 15.1. The second-order valence-electron chi connectivity index (χ2n) is 4.06. The van der Waals surface area contributed by atoms with Gasteiger partial charge in [-0.05, 0) is 18.4 Å². The molecule has 0 atom stereocenters. The summed E-state index contributed by atoms with van der Waals surface area (Å²) in [6.45, 7) is 0.636. The van der Waals surface area contributed by atoms with Gasteiger partial charge in [-0.25, -0.2) is 9.59 Å². The highest BCUT2D eigenvalue weighted by Gasteiger charge is 2.13. The van der Waals surface area contributed by atoms with Crippen molar-refractivity contribution in [2.75, 3.05) is 38.0 Å². The number of thioether (sulfide) groups is 1. The fraction of sp³-hybridized carbons (Fsp3) is 0.385. The molecule has 1 rings (SSSR count). The summed E-state index contributed by atoms with van der Waals surface area (Å²) in [5.74, 6) is -0.00977. The van der Waals surface area contributed by atoms with Gasteiger partial charge >= 0.3 is 12.0 Å². The number of ether oxygens (including phenoxy) is 1. The van der Waals surface area contributed by atoms with Gasteiger partial charge in [0.25, 0.3) is 0 Å². The van der Waals surface area contributed by atoms with Gasteiger partial charge in [-0.15, -0.1) is 0 Å². The number of methoxy groups -OCH3 is 1. The van der Waals surface area contributed by atoms with Crippen LogP contribution < -0.4 is 10.1 Å². The van der Waals surface area contributed by atoms with Gasteiger partial charge in [0.1, 0.15) is 11.3 Å². The van der Waals surface area contributed by atoms with Crippen LogP contribution in [-0.4, -0.2) is 54.7 Å². The molecule has 0 radical (unpaired) electrons. The van der Waals surface area contributed by atoms with Crippen LogP contribution in [-0.2, 0) is 0 Å². The molecule has 0 saturated carbocycles. The van der Waals surface area contributed by atoms with Gasteiger partial charge < -0.3 is 20.1 Å². The minimum Gasteiger partial charge on any atom is -0.496 e. The van der Waals surface area contributed by atoms with E-state index in [1.54, 1.807) is 23.7 Å². The first-order chi connectivity index (χ1) is 9.49. The number of nitrogens with zero attached hydrogens (tertiary/aromatic N) is 1. The third kappa shape index (κ3) is 4.34. The molecule has 0 saturated heterocycles. The Balaban J connectivity index is 2.78. The molecule has 20 heavy (non-hydrogen) atoms. The SMILES string of the molecule is COc1cc(NC(=O)N(C)CCSC)ccc1C(=O)O. The van der Waals surface area contributed by atoms with Crippen molar-refractivity contribution in [1.82, 2.24) is 4.90 Å². The Kier molecular flexibility index (Phi) is 6.17. The molecule has 0 heterocycles. The molecular formula is C13H18N2O4S. The van der Waals surface area contributed by atoms with Gasteiger partial charge in [-0.1, -0.05) is 0 Å². The van der Waals surface area contributed by atoms with E-state index < -0.39 is 5.97 Å². The molecule has 0 aliphatic carbocycles. The summed E-state index contributed by atoms with van der Waals surface area (Å²) in [5, 5.41) is 11.7. The minimum absolute atomic E-state index is 0.0567. The van der Waals surface area contributed by atoms with Gasteiger partial charge in [0.15, 0.2) is 0 Å². The van der Waals surface area contributed by atoms with E-state index in [2.05, 4.69) is 5.32 Å². The first kappa shape index (κ1) is 16.2. The maximum atomic E-state index is 11.9. The largest absolute Gasteiger partial charge is 0.496 e. The normalized spacial score (nSPS) is 9.95. The number of carbonyl (C=O) groups is 2. The van der Waals surface area contributed by atoms with Crippen LogP contribution in [0.4, 0.5) is 10.5 Å². The maximum absolute atomic E-state index is 11.9. The Hall–Kier alpha value is -1.89. The third-order valence-electron chi connectivity index (χ3n) is 2.66. The van der Waals surface area contributed by atoms with Crippen molar-refractivity contribution in [2.24, 2.45) is 0 Å². The van der Waals surface area contributed by atoms with Crippen molar-refractivity contribution in [3.8, 4) is 5.75 Å². The molecule has 0 spiro atoms. The van der Waals surface area contributed by atoms with E-state index >= 15 is 0 Å². The van der Waals surface area contributed by atoms with Crippen molar-refractivity contribution >= 4 is 29.4 Å². The van der Waals surface area contributed by atoms with E-state index in [0.29, 0.717) is 12.2 Å². The van der Waals surface area contributed by atoms with Crippen molar-refractivity contribution in [3.63, 3.8) is 0 Å². The highest BCUT2D eigenvalue weighted by Crippen LogP contribution is 2.23. The topological polar surface area (TPSA) is 78.9 Å². The molecule has 0 aromatic heterocycles. The lowest BCUT2D eigenvalue weighted by Crippen LogP contribution is -2.33. The minimum atomic E-state index is -1.07. The van der Waals surface area contributed by atoms with Crippen LogP contribution in [0.5, 0.6) is 5.75 Å². The standard InChI is InChI=1S/C13H18N2O4S/c1-15(6-7-20-3)13(18)14-9-4-5-10(12(16)17)11(8-9)19-2/h4-5,8H,6-7H2,1-3H3,(H,14,18)(H,16,17). The predicted octanol–water partition coefficient (Wildman–Crippen LogP) is 2.22. The van der Waals surface area contributed by atoms with Crippen LogP contribution in [0.25, 0.3) is 0 Å². The highest BCUT2D eigenvalue weighted by atomic mass is 32.2. The number of carbonyl (C=O) groups excluding carboxylic acids is 1. The Bertz CT molecular complexity index is 493. The summed E-state index contributed by atoms with van der Waals surface area (Å²) >= 11 is 1.66. The number of anilines is 1. The summed E-state index contributed by atoms with van der Waals surface area (Å²) in [6.07, 6.45) is 1.97. The fourth-order valence-corrected chi connectivity index (χ4v) is 1.95. The second-order valence-corrected chi connectivity index (χ2v) is 5.05. The van der Waals surface area contributed by atoms with E-state index in [9.17, 15) is 9.59 Å². The fourth-order valence-electron chi connectivity index (χ4n) is 1.49. The number of benzene rings is 1. The molecule has 1 aromatic carbocycles. The zero-order valence-electron chi connectivity index (χ0n) is 11.7. The predicted molar refractivity (Wildman–Crippen MR) is 80.0 cm³/mol. The maximum Gasteiger partial charge on any atom is 0.339 e. The average Bonchev–Trinajstić information content (AvgIpc) is 2.44. The van der Waals surface area contributed by atoms with Gasteiger partial charge in [0.05, 0.1) is 7.11 Å². The molecule has 7 heteroatoms. The molecule has 2 N–H and O–H groups in total. The summed E-state index contributed by atoms with van der Waals surface area (Å²) in [4.78, 5) is 24.4. The molecule has 0 unspecified atom stereocenters. The van der Waals surface area contributed by atoms with Gasteiger partial charge in [-0.3, -0.25) is 0 Å². The second kappa shape index (κ2) is 7.64. The lowest BCUT2D eigenvalue weighted by Gasteiger charge is -2.17. The van der Waals surface area contributed by atoms with E-state index in [0.717, 1.165) is 5.75 Å². The molecule has 0 fully saturated rings. The number of urea groups is 1. The van der Waals surface area contributed by atoms with E-state index in [1.165, 1.54) is 25.3 Å². The average molecular weight is 298 g/mol. The molecule has 0 aliphatic rings. The molecule has 2 amide bonds. The van der Waals surface area contributed by atoms with Crippen LogP contribution in [0, 0.1) is 0 Å². The molecule has 110 valence electrons. The number of hydrogen-bond donors (Lipinski definition) is 2. The number of carboxylic acid groups (broad SMARTS) is 1. The van der Waals surface area contributed by atoms with Crippen LogP contribution in [0.2, 0.25) is 0 Å². The first-order valence-corrected chi connectivity index (χ1v) is 7.31. The monoisotopic (exact) mass is 298 g/mol. The third-order valence-corrected chi connectivity index (χ3v) is 3.25. The van der Waals surface area contributed by atoms with Crippen molar-refractivity contribution < 1.29 is 19.4 Å². The van der Waals surface area contributed by atoms with Gasteiger partial charge in [-0.2, -0.15) is 11.8 Å². The zero-order valence-corrected chi connectivity index (χ0v) is 12.5. The molecule has 0 bridgehead atoms. The molecule has 1 aromatic rings. The lowest BCUT2D eigenvalue weighted by atomic mass is 10.2. The van der Waals surface area contributed by atoms with Gasteiger partial charge in [0, 0.05) is 31.1 Å². The van der Waals surface area contributed by atoms with E-state index in [1.807, 2.05) is 6.26 Å². The Morgan fingerprint density at radius 2 is 2.15 bits per heavy atom. The number of nitrogens with one attached hydrogen (secondary N) is 1. The van der Waals surface area contributed by atoms with E-state index in [4.69, 9.17) is 9.84 Å². The van der Waals surface area contributed by atoms with Crippen molar-refractivity contribution in [3.05, 3.63) is 23.8 Å². The number of amides is 2. The number of rotatable bonds is 6. The van der Waals surface area contributed by atoms with Crippen molar-refractivity contribution in [1.29, 1.82) is 0 Å². The van der Waals surface area contributed by atoms with Crippen LogP contribution in [0.15, 0.2) is 18.2 Å². The molecule has 6 nitrogen and oxygen atoms in total. The smallest absolute Gasteiger partial charge is 0.339 e. The Morgan fingerprint density at radius 3 is 2.70 bits per heavy atom. The Morgan fingerprint density at radius 1 is 1.45 bits per heavy atom. The summed E-state index contributed by atoms with van der Waals surface area (Å²) in [7, 11) is 3.09. The van der Waals surface area contributed by atoms with Gasteiger partial charge in [0.2, 0.25) is 0 Å². The van der Waals surface area contributed by atoms with Crippen LogP contribution >= 0.6 is 11.8 Å². The number of carboxylic acids is 1. The van der Waals surface area contributed by atoms with Crippen molar-refractivity contribution in [2.45, 2.75) is 0 Å². The molecular weight excluding hydrogens is 280 g/mol. The number of aromatic carboxylic acids is 1. The Labute approximate surface area is 122 Å². The highest BCUT2D eigenvalue weighted by molar-refractivity contribution is 7.98. The summed E-state index contributed by atoms with van der Waals surface area (Å²) < 4.78 is 5.01. The quantitative estimate of drug-likeness (QED) is 0.842. The summed E-state index contributed by atoms with van der Waals surface area (Å²) in [6, 6.07) is 4.18. The van der Waals surface area contributed by atoms with E-state index in [-0.39, 0.29) is 17.3 Å². The van der Waals surface area contributed by atoms with Crippen LogP contribution in [0.3, 0.4) is 0 Å². The lowest BCUT2D eigenvalue weighted by molar-refractivity contribution is 0.0693. The van der Waals surface area contributed by atoms with Crippen LogP contribution in [0.1, 0.15) is 10.4 Å². The molecule has 0 aliphatic heterocycles. The number of hydrogen-bond acceptors (Lipinski definition) is 4. The first-order valence-electron chi connectivity index (χ1n) is 5.92. The summed E-state index contributed by atoms with van der Waals surface area (Å²) in [5.41, 5.74) is 0.550.